The van der Waals surface area contributed by atoms with Crippen molar-refractivity contribution in [3.63, 3.8) is 0 Å². The number of benzene rings is 2. The minimum atomic E-state index is -4.13. The molecule has 1 N–H and O–H groups in total. The first-order chi connectivity index (χ1) is 13.5. The van der Waals surface area contributed by atoms with Gasteiger partial charge in [0.1, 0.15) is 17.1 Å². The highest BCUT2D eigenvalue weighted by Gasteiger charge is 2.29. The van der Waals surface area contributed by atoms with Gasteiger partial charge in [-0.2, -0.15) is 0 Å². The molecule has 0 spiro atoms. The molecule has 146 valence electrons. The number of carbonyl (C=O) groups excluding carboxylic acids is 1. The summed E-state index contributed by atoms with van der Waals surface area (Å²) in [6.07, 6.45) is 0. The number of hydrogen-bond acceptors (Lipinski definition) is 5. The number of ether oxygens (including phenoxy) is 1. The summed E-state index contributed by atoms with van der Waals surface area (Å²) in [5.41, 5.74) is 0.410. The third-order valence-corrected chi connectivity index (χ3v) is 5.78. The van der Waals surface area contributed by atoms with Crippen molar-refractivity contribution in [2.45, 2.75) is 4.90 Å². The van der Waals surface area contributed by atoms with Crippen LogP contribution in [0.3, 0.4) is 0 Å². The molecule has 1 aliphatic rings. The zero-order valence-electron chi connectivity index (χ0n) is 14.7. The maximum absolute atomic E-state index is 13.5. The van der Waals surface area contributed by atoms with Gasteiger partial charge in [0.05, 0.1) is 18.1 Å². The van der Waals surface area contributed by atoms with E-state index in [4.69, 9.17) is 9.15 Å². The minimum absolute atomic E-state index is 0.0383. The van der Waals surface area contributed by atoms with Crippen LogP contribution in [0.2, 0.25) is 0 Å². The van der Waals surface area contributed by atoms with Crippen molar-refractivity contribution in [1.82, 2.24) is 4.90 Å². The fraction of sp³-hybridized carbons (Fsp3) is 0.211. The van der Waals surface area contributed by atoms with Crippen molar-refractivity contribution in [1.29, 1.82) is 0 Å². The molecule has 0 bridgehead atoms. The Morgan fingerprint density at radius 3 is 2.57 bits per heavy atom. The van der Waals surface area contributed by atoms with Crippen LogP contribution >= 0.6 is 0 Å². The summed E-state index contributed by atoms with van der Waals surface area (Å²) >= 11 is 0. The van der Waals surface area contributed by atoms with Crippen LogP contribution in [0.15, 0.2) is 57.8 Å². The lowest BCUT2D eigenvalue weighted by Gasteiger charge is -2.26. The van der Waals surface area contributed by atoms with E-state index in [0.717, 1.165) is 12.1 Å². The molecule has 1 fully saturated rings. The molecule has 1 saturated heterocycles. The molecule has 28 heavy (non-hydrogen) atoms. The van der Waals surface area contributed by atoms with Crippen LogP contribution in [0, 0.1) is 5.82 Å². The van der Waals surface area contributed by atoms with Gasteiger partial charge in [0.15, 0.2) is 0 Å². The first-order valence-corrected chi connectivity index (χ1v) is 10.1. The van der Waals surface area contributed by atoms with Crippen molar-refractivity contribution >= 4 is 32.6 Å². The number of morpholine rings is 1. The molecule has 0 unspecified atom stereocenters. The Hall–Kier alpha value is -2.91. The SMILES string of the molecule is O=C(c1oc2ccccc2c1NS(=O)(=O)c1cccc(F)c1)N1CCOCC1. The van der Waals surface area contributed by atoms with E-state index in [1.807, 2.05) is 0 Å². The Labute approximate surface area is 160 Å². The summed E-state index contributed by atoms with van der Waals surface area (Å²) in [5, 5.41) is 0.444. The molecule has 0 atom stereocenters. The van der Waals surface area contributed by atoms with Crippen LogP contribution in [0.25, 0.3) is 11.0 Å². The lowest BCUT2D eigenvalue weighted by molar-refractivity contribution is 0.0285. The third-order valence-electron chi connectivity index (χ3n) is 4.43. The Kier molecular flexibility index (Phi) is 4.78. The average Bonchev–Trinajstić information content (AvgIpc) is 3.06. The molecule has 0 aliphatic carbocycles. The van der Waals surface area contributed by atoms with E-state index >= 15 is 0 Å². The molecule has 1 aromatic heterocycles. The number of furan rings is 1. The summed E-state index contributed by atoms with van der Waals surface area (Å²) in [7, 11) is -4.13. The summed E-state index contributed by atoms with van der Waals surface area (Å²) in [5.74, 6) is -1.22. The largest absolute Gasteiger partial charge is 0.449 e. The Bertz CT molecular complexity index is 1140. The van der Waals surface area contributed by atoms with Crippen LogP contribution in [0.4, 0.5) is 10.1 Å². The van der Waals surface area contributed by atoms with Gasteiger partial charge < -0.3 is 14.1 Å². The van der Waals surface area contributed by atoms with E-state index in [9.17, 15) is 17.6 Å². The molecule has 3 aromatic rings. The lowest BCUT2D eigenvalue weighted by atomic mass is 10.2. The topological polar surface area (TPSA) is 88.8 Å². The predicted octanol–water partition coefficient (Wildman–Crippen LogP) is 2.85. The first-order valence-electron chi connectivity index (χ1n) is 8.63. The zero-order valence-corrected chi connectivity index (χ0v) is 15.5. The van der Waals surface area contributed by atoms with Crippen molar-refractivity contribution in [2.75, 3.05) is 31.0 Å². The normalized spacial score (nSPS) is 15.0. The number of amides is 1. The molecular weight excluding hydrogens is 387 g/mol. The van der Waals surface area contributed by atoms with Crippen LogP contribution in [0.5, 0.6) is 0 Å². The molecule has 0 saturated carbocycles. The van der Waals surface area contributed by atoms with E-state index < -0.39 is 21.7 Å². The van der Waals surface area contributed by atoms with Crippen molar-refractivity contribution in [3.8, 4) is 0 Å². The second kappa shape index (κ2) is 7.25. The number of hydrogen-bond donors (Lipinski definition) is 1. The summed E-state index contributed by atoms with van der Waals surface area (Å²) in [4.78, 5) is 14.2. The van der Waals surface area contributed by atoms with Crippen LogP contribution in [-0.4, -0.2) is 45.5 Å². The van der Waals surface area contributed by atoms with Crippen LogP contribution in [0.1, 0.15) is 10.6 Å². The zero-order chi connectivity index (χ0) is 19.7. The van der Waals surface area contributed by atoms with E-state index in [1.165, 1.54) is 12.1 Å². The maximum atomic E-state index is 13.5. The predicted molar refractivity (Wildman–Crippen MR) is 100 cm³/mol. The van der Waals surface area contributed by atoms with Gasteiger partial charge >= 0.3 is 0 Å². The minimum Gasteiger partial charge on any atom is -0.449 e. The summed E-state index contributed by atoms with van der Waals surface area (Å²) in [6, 6.07) is 11.4. The second-order valence-corrected chi connectivity index (χ2v) is 7.95. The number of para-hydroxylation sites is 1. The first kappa shape index (κ1) is 18.5. The summed E-state index contributed by atoms with van der Waals surface area (Å²) < 4.78 is 52.4. The Morgan fingerprint density at radius 1 is 1.07 bits per heavy atom. The number of anilines is 1. The fourth-order valence-electron chi connectivity index (χ4n) is 3.03. The van der Waals surface area contributed by atoms with Crippen molar-refractivity contribution < 1.29 is 26.8 Å². The van der Waals surface area contributed by atoms with Crippen LogP contribution in [-0.2, 0) is 14.8 Å². The Morgan fingerprint density at radius 2 is 1.82 bits per heavy atom. The van der Waals surface area contributed by atoms with E-state index in [1.54, 1.807) is 29.2 Å². The molecule has 2 aromatic carbocycles. The Balaban J connectivity index is 1.78. The van der Waals surface area contributed by atoms with Crippen LogP contribution < -0.4 is 4.72 Å². The monoisotopic (exact) mass is 404 g/mol. The van der Waals surface area contributed by atoms with E-state index in [-0.39, 0.29) is 16.3 Å². The van der Waals surface area contributed by atoms with Crippen molar-refractivity contribution in [3.05, 3.63) is 60.1 Å². The van der Waals surface area contributed by atoms with E-state index in [0.29, 0.717) is 37.3 Å². The maximum Gasteiger partial charge on any atom is 0.291 e. The molecule has 1 aliphatic heterocycles. The smallest absolute Gasteiger partial charge is 0.291 e. The van der Waals surface area contributed by atoms with Crippen molar-refractivity contribution in [2.24, 2.45) is 0 Å². The van der Waals surface area contributed by atoms with Gasteiger partial charge in [-0.3, -0.25) is 9.52 Å². The number of sulfonamides is 1. The van der Waals surface area contributed by atoms with Gasteiger partial charge in [0.2, 0.25) is 5.76 Å². The number of carbonyl (C=O) groups is 1. The van der Waals surface area contributed by atoms with Gasteiger partial charge in [-0.1, -0.05) is 18.2 Å². The number of rotatable bonds is 4. The molecule has 0 radical (unpaired) electrons. The molecule has 7 nitrogen and oxygen atoms in total. The molecular formula is C19H17FN2O5S. The quantitative estimate of drug-likeness (QED) is 0.722. The highest BCUT2D eigenvalue weighted by molar-refractivity contribution is 7.92. The fourth-order valence-corrected chi connectivity index (χ4v) is 4.15. The van der Waals surface area contributed by atoms with Gasteiger partial charge in [0.25, 0.3) is 15.9 Å². The van der Waals surface area contributed by atoms with Gasteiger partial charge in [0, 0.05) is 18.5 Å². The van der Waals surface area contributed by atoms with Gasteiger partial charge in [-0.05, 0) is 30.3 Å². The molecule has 9 heteroatoms. The molecule has 4 rings (SSSR count). The number of halogens is 1. The highest BCUT2D eigenvalue weighted by Crippen LogP contribution is 2.33. The molecule has 2 heterocycles. The highest BCUT2D eigenvalue weighted by atomic mass is 32.2. The number of nitrogens with one attached hydrogen (secondary N) is 1. The van der Waals surface area contributed by atoms with Gasteiger partial charge in [-0.15, -0.1) is 0 Å². The van der Waals surface area contributed by atoms with E-state index in [2.05, 4.69) is 4.72 Å². The lowest BCUT2D eigenvalue weighted by Crippen LogP contribution is -2.40. The number of nitrogens with zero attached hydrogens (tertiary/aromatic N) is 1. The van der Waals surface area contributed by atoms with Gasteiger partial charge in [-0.25, -0.2) is 12.8 Å². The average molecular weight is 404 g/mol. The third kappa shape index (κ3) is 3.46. The summed E-state index contributed by atoms with van der Waals surface area (Å²) in [6.45, 7) is 1.56. The second-order valence-electron chi connectivity index (χ2n) is 6.27. The standard InChI is InChI=1S/C19H17FN2O5S/c20-13-4-3-5-14(12-13)28(24,25)21-17-15-6-1-2-7-16(15)27-18(17)19(23)22-8-10-26-11-9-22/h1-7,12,21H,8-11H2. The molecule has 1 amide bonds. The number of fused-ring (bicyclic) bond motifs is 1.